The van der Waals surface area contributed by atoms with Crippen molar-refractivity contribution in [1.82, 2.24) is 0 Å². The van der Waals surface area contributed by atoms with Crippen molar-refractivity contribution in [2.75, 3.05) is 0 Å². The second-order valence-electron chi connectivity index (χ2n) is 2.79. The van der Waals surface area contributed by atoms with Gasteiger partial charge in [0, 0.05) is 11.8 Å². The first kappa shape index (κ1) is 9.33. The van der Waals surface area contributed by atoms with E-state index in [9.17, 15) is 4.79 Å². The van der Waals surface area contributed by atoms with Gasteiger partial charge in [-0.25, -0.2) is 0 Å². The fraction of sp³-hybridized carbons (Fsp3) is 0.300. The van der Waals surface area contributed by atoms with Crippen molar-refractivity contribution in [3.05, 3.63) is 29.3 Å². The van der Waals surface area contributed by atoms with Gasteiger partial charge in [-0.3, -0.25) is 4.79 Å². The highest BCUT2D eigenvalue weighted by atomic mass is 32.2. The Balaban J connectivity index is 3.00. The van der Waals surface area contributed by atoms with Crippen LogP contribution in [0.15, 0.2) is 23.1 Å². The van der Waals surface area contributed by atoms with Crippen LogP contribution < -0.4 is 0 Å². The van der Waals surface area contributed by atoms with Crippen LogP contribution in [0.2, 0.25) is 0 Å². The molecule has 0 heterocycles. The average molecular weight is 180 g/mol. The second-order valence-corrected chi connectivity index (χ2v) is 4.01. The predicted molar refractivity (Wildman–Crippen MR) is 52.5 cm³/mol. The van der Waals surface area contributed by atoms with E-state index in [2.05, 4.69) is 13.0 Å². The Morgan fingerprint density at radius 1 is 1.33 bits per heavy atom. The van der Waals surface area contributed by atoms with Crippen molar-refractivity contribution in [3.8, 4) is 0 Å². The third kappa shape index (κ3) is 2.11. The second kappa shape index (κ2) is 3.76. The molecule has 0 amide bonds. The summed E-state index contributed by atoms with van der Waals surface area (Å²) in [6.45, 7) is 5.69. The van der Waals surface area contributed by atoms with Crippen LogP contribution in [0.25, 0.3) is 0 Å². The molecule has 1 nitrogen and oxygen atoms in total. The van der Waals surface area contributed by atoms with Crippen molar-refractivity contribution in [2.45, 2.75) is 25.7 Å². The molecule has 0 aliphatic rings. The highest BCUT2D eigenvalue weighted by Gasteiger charge is 2.02. The zero-order chi connectivity index (χ0) is 9.14. The van der Waals surface area contributed by atoms with Gasteiger partial charge in [0.25, 0.3) is 0 Å². The molecule has 0 spiro atoms. The van der Waals surface area contributed by atoms with Crippen LogP contribution in [0, 0.1) is 13.8 Å². The van der Waals surface area contributed by atoms with Crippen LogP contribution in [-0.4, -0.2) is 5.12 Å². The fourth-order valence-corrected chi connectivity index (χ4v) is 1.76. The maximum absolute atomic E-state index is 10.8. The highest BCUT2D eigenvalue weighted by Crippen LogP contribution is 2.24. The molecule has 0 saturated heterocycles. The van der Waals surface area contributed by atoms with Gasteiger partial charge < -0.3 is 0 Å². The third-order valence-electron chi connectivity index (χ3n) is 1.81. The number of hydrogen-bond donors (Lipinski definition) is 0. The molecule has 0 N–H and O–H groups in total. The highest BCUT2D eigenvalue weighted by molar-refractivity contribution is 8.13. The average Bonchev–Trinajstić information content (AvgIpc) is 1.98. The fourth-order valence-electron chi connectivity index (χ4n) is 0.990. The van der Waals surface area contributed by atoms with E-state index in [4.69, 9.17) is 0 Å². The molecular formula is C10H12OS. The molecule has 0 bridgehead atoms. The Kier molecular flexibility index (Phi) is 2.93. The lowest BCUT2D eigenvalue weighted by Gasteiger charge is -2.04. The van der Waals surface area contributed by atoms with Gasteiger partial charge in [0.1, 0.15) is 0 Å². The Morgan fingerprint density at radius 3 is 2.58 bits per heavy atom. The molecule has 12 heavy (non-hydrogen) atoms. The van der Waals surface area contributed by atoms with E-state index in [1.54, 1.807) is 6.92 Å². The minimum atomic E-state index is 0.142. The molecule has 0 fully saturated rings. The SMILES string of the molecule is CC(=O)Sc1cccc(C)c1C. The molecule has 0 aliphatic heterocycles. The zero-order valence-electron chi connectivity index (χ0n) is 7.55. The minimum Gasteiger partial charge on any atom is -0.287 e. The van der Waals surface area contributed by atoms with Crippen LogP contribution >= 0.6 is 11.8 Å². The van der Waals surface area contributed by atoms with E-state index in [0.717, 1.165) is 4.90 Å². The first-order valence-corrected chi connectivity index (χ1v) is 4.67. The van der Waals surface area contributed by atoms with Crippen LogP contribution in [0.4, 0.5) is 0 Å². The molecular weight excluding hydrogens is 168 g/mol. The minimum absolute atomic E-state index is 0.142. The number of carbonyl (C=O) groups excluding carboxylic acids is 1. The molecule has 2 heteroatoms. The number of hydrogen-bond acceptors (Lipinski definition) is 2. The van der Waals surface area contributed by atoms with Crippen molar-refractivity contribution in [1.29, 1.82) is 0 Å². The van der Waals surface area contributed by atoms with E-state index < -0.39 is 0 Å². The quantitative estimate of drug-likeness (QED) is 0.618. The standard InChI is InChI=1S/C10H12OS/c1-7-5-4-6-10(8(7)2)12-9(3)11/h4-6H,1-3H3. The van der Waals surface area contributed by atoms with E-state index in [0.29, 0.717) is 0 Å². The first-order valence-electron chi connectivity index (χ1n) is 3.86. The molecule has 0 atom stereocenters. The van der Waals surface area contributed by atoms with Gasteiger partial charge in [0.05, 0.1) is 0 Å². The molecule has 1 aromatic carbocycles. The number of thioether (sulfide) groups is 1. The number of carbonyl (C=O) groups is 1. The Labute approximate surface area is 77.2 Å². The van der Waals surface area contributed by atoms with E-state index >= 15 is 0 Å². The lowest BCUT2D eigenvalue weighted by molar-refractivity contribution is -0.109. The molecule has 64 valence electrons. The maximum atomic E-state index is 10.8. The van der Waals surface area contributed by atoms with E-state index in [-0.39, 0.29) is 5.12 Å². The summed E-state index contributed by atoms with van der Waals surface area (Å²) in [5.74, 6) is 0. The molecule has 1 aromatic rings. The van der Waals surface area contributed by atoms with Gasteiger partial charge in [0.15, 0.2) is 5.12 Å². The topological polar surface area (TPSA) is 17.1 Å². The molecule has 0 unspecified atom stereocenters. The van der Waals surface area contributed by atoms with Crippen LogP contribution in [-0.2, 0) is 4.79 Å². The normalized spacial score (nSPS) is 9.92. The summed E-state index contributed by atoms with van der Waals surface area (Å²) in [4.78, 5) is 11.9. The molecule has 1 rings (SSSR count). The zero-order valence-corrected chi connectivity index (χ0v) is 8.37. The van der Waals surface area contributed by atoms with Gasteiger partial charge >= 0.3 is 0 Å². The Hall–Kier alpha value is -0.760. The smallest absolute Gasteiger partial charge is 0.190 e. The third-order valence-corrected chi connectivity index (χ3v) is 2.76. The lowest BCUT2D eigenvalue weighted by atomic mass is 10.1. The predicted octanol–water partition coefficient (Wildman–Crippen LogP) is 2.94. The van der Waals surface area contributed by atoms with Gasteiger partial charge in [-0.2, -0.15) is 0 Å². The maximum Gasteiger partial charge on any atom is 0.190 e. The largest absolute Gasteiger partial charge is 0.287 e. The van der Waals surface area contributed by atoms with Gasteiger partial charge in [0.2, 0.25) is 0 Å². The summed E-state index contributed by atoms with van der Waals surface area (Å²) in [5, 5.41) is 0.142. The molecule has 0 saturated carbocycles. The summed E-state index contributed by atoms with van der Waals surface area (Å²) in [6.07, 6.45) is 0. The summed E-state index contributed by atoms with van der Waals surface area (Å²) >= 11 is 1.30. The van der Waals surface area contributed by atoms with Crippen molar-refractivity contribution in [3.63, 3.8) is 0 Å². The Morgan fingerprint density at radius 2 is 2.00 bits per heavy atom. The Bertz CT molecular complexity index is 305. The molecule has 0 aliphatic carbocycles. The van der Waals surface area contributed by atoms with E-state index in [1.807, 2.05) is 19.1 Å². The van der Waals surface area contributed by atoms with Crippen LogP contribution in [0.1, 0.15) is 18.1 Å². The van der Waals surface area contributed by atoms with Gasteiger partial charge in [-0.05, 0) is 31.0 Å². The van der Waals surface area contributed by atoms with E-state index in [1.165, 1.54) is 22.9 Å². The summed E-state index contributed by atoms with van der Waals surface area (Å²) in [6, 6.07) is 6.02. The summed E-state index contributed by atoms with van der Waals surface area (Å²) < 4.78 is 0. The van der Waals surface area contributed by atoms with Gasteiger partial charge in [-0.15, -0.1) is 0 Å². The molecule has 0 radical (unpaired) electrons. The van der Waals surface area contributed by atoms with Crippen molar-refractivity contribution >= 4 is 16.9 Å². The number of benzene rings is 1. The monoisotopic (exact) mass is 180 g/mol. The lowest BCUT2D eigenvalue weighted by Crippen LogP contribution is -1.87. The first-order chi connectivity index (χ1) is 5.61. The number of rotatable bonds is 1. The molecule has 0 aromatic heterocycles. The van der Waals surface area contributed by atoms with Gasteiger partial charge in [-0.1, -0.05) is 23.9 Å². The van der Waals surface area contributed by atoms with Crippen molar-refractivity contribution < 1.29 is 4.79 Å². The van der Waals surface area contributed by atoms with Crippen LogP contribution in [0.3, 0.4) is 0 Å². The van der Waals surface area contributed by atoms with Crippen LogP contribution in [0.5, 0.6) is 0 Å². The number of aryl methyl sites for hydroxylation is 1. The summed E-state index contributed by atoms with van der Waals surface area (Å²) in [5.41, 5.74) is 2.44. The summed E-state index contributed by atoms with van der Waals surface area (Å²) in [7, 11) is 0. The van der Waals surface area contributed by atoms with Crippen molar-refractivity contribution in [2.24, 2.45) is 0 Å².